The van der Waals surface area contributed by atoms with E-state index in [4.69, 9.17) is 10.8 Å². The highest BCUT2D eigenvalue weighted by atomic mass is 16.4. The van der Waals surface area contributed by atoms with Gasteiger partial charge in [0.05, 0.1) is 12.7 Å². The van der Waals surface area contributed by atoms with Crippen LogP contribution in [0.1, 0.15) is 16.1 Å². The second-order valence-electron chi connectivity index (χ2n) is 4.11. The zero-order valence-corrected chi connectivity index (χ0v) is 10.5. The van der Waals surface area contributed by atoms with Crippen molar-refractivity contribution in [3.8, 4) is 0 Å². The van der Waals surface area contributed by atoms with Gasteiger partial charge in [-0.25, -0.2) is 4.68 Å². The average molecular weight is 275 g/mol. The maximum absolute atomic E-state index is 11.8. The molecule has 0 aliphatic rings. The summed E-state index contributed by atoms with van der Waals surface area (Å²) in [5, 5.41) is 18.6. The van der Waals surface area contributed by atoms with Crippen molar-refractivity contribution in [2.24, 2.45) is 0 Å². The van der Waals surface area contributed by atoms with E-state index in [1.165, 1.54) is 10.9 Å². The highest BCUT2D eigenvalue weighted by Gasteiger charge is 2.08. The molecule has 4 N–H and O–H groups in total. The second-order valence-corrected chi connectivity index (χ2v) is 4.11. The Balaban J connectivity index is 1.93. The van der Waals surface area contributed by atoms with Crippen molar-refractivity contribution in [3.63, 3.8) is 0 Å². The largest absolute Gasteiger partial charge is 0.480 e. The summed E-state index contributed by atoms with van der Waals surface area (Å²) in [4.78, 5) is 22.3. The fourth-order valence-corrected chi connectivity index (χ4v) is 1.59. The molecule has 2 aromatic rings. The number of carbonyl (C=O) groups excluding carboxylic acids is 1. The van der Waals surface area contributed by atoms with Crippen LogP contribution in [0.2, 0.25) is 0 Å². The Morgan fingerprint density at radius 1 is 1.40 bits per heavy atom. The molecule has 0 radical (unpaired) electrons. The number of aliphatic carboxylic acids is 1. The van der Waals surface area contributed by atoms with Crippen LogP contribution in [0, 0.1) is 0 Å². The fourth-order valence-electron chi connectivity index (χ4n) is 1.59. The second kappa shape index (κ2) is 5.83. The number of nitrogens with one attached hydrogen (secondary N) is 1. The van der Waals surface area contributed by atoms with Crippen LogP contribution in [0.3, 0.4) is 0 Å². The van der Waals surface area contributed by atoms with E-state index in [1.54, 1.807) is 24.3 Å². The third-order valence-corrected chi connectivity index (χ3v) is 2.46. The van der Waals surface area contributed by atoms with Crippen molar-refractivity contribution in [2.75, 3.05) is 5.73 Å². The number of benzene rings is 1. The first-order valence-corrected chi connectivity index (χ1v) is 5.79. The van der Waals surface area contributed by atoms with Gasteiger partial charge in [-0.1, -0.05) is 11.3 Å². The molecule has 1 aromatic carbocycles. The van der Waals surface area contributed by atoms with Crippen LogP contribution < -0.4 is 11.1 Å². The van der Waals surface area contributed by atoms with E-state index in [-0.39, 0.29) is 19.0 Å². The summed E-state index contributed by atoms with van der Waals surface area (Å²) in [7, 11) is 0. The minimum absolute atomic E-state index is 0.160. The number of aromatic nitrogens is 3. The van der Waals surface area contributed by atoms with Gasteiger partial charge in [-0.3, -0.25) is 9.59 Å². The summed E-state index contributed by atoms with van der Waals surface area (Å²) in [6.45, 7) is -0.108. The number of anilines is 1. The Morgan fingerprint density at radius 3 is 2.90 bits per heavy atom. The molecule has 20 heavy (non-hydrogen) atoms. The van der Waals surface area contributed by atoms with Gasteiger partial charge >= 0.3 is 5.97 Å². The summed E-state index contributed by atoms with van der Waals surface area (Å²) in [6.07, 6.45) is 1.47. The number of hydrogen-bond acceptors (Lipinski definition) is 5. The molecule has 1 aromatic heterocycles. The normalized spacial score (nSPS) is 10.2. The van der Waals surface area contributed by atoms with Crippen LogP contribution in [0.15, 0.2) is 30.5 Å². The minimum Gasteiger partial charge on any atom is -0.480 e. The first kappa shape index (κ1) is 13.5. The number of amides is 1. The van der Waals surface area contributed by atoms with Crippen molar-refractivity contribution < 1.29 is 14.7 Å². The van der Waals surface area contributed by atoms with Crippen LogP contribution in [-0.4, -0.2) is 32.0 Å². The number of carboxylic acids is 1. The van der Waals surface area contributed by atoms with Crippen LogP contribution in [-0.2, 0) is 17.9 Å². The molecule has 1 heterocycles. The lowest BCUT2D eigenvalue weighted by molar-refractivity contribution is -0.137. The predicted octanol–water partition coefficient (Wildman–Crippen LogP) is -0.125. The third kappa shape index (κ3) is 3.55. The van der Waals surface area contributed by atoms with E-state index >= 15 is 0 Å². The molecule has 0 aliphatic carbocycles. The summed E-state index contributed by atoms with van der Waals surface area (Å²) in [6, 6.07) is 6.59. The quantitative estimate of drug-likeness (QED) is 0.653. The van der Waals surface area contributed by atoms with Crippen molar-refractivity contribution in [3.05, 3.63) is 41.7 Å². The van der Waals surface area contributed by atoms with Crippen molar-refractivity contribution in [1.82, 2.24) is 20.3 Å². The Hall–Kier alpha value is -2.90. The Morgan fingerprint density at radius 2 is 2.20 bits per heavy atom. The van der Waals surface area contributed by atoms with Gasteiger partial charge in [0, 0.05) is 11.3 Å². The van der Waals surface area contributed by atoms with Gasteiger partial charge in [-0.2, -0.15) is 0 Å². The maximum Gasteiger partial charge on any atom is 0.325 e. The van der Waals surface area contributed by atoms with E-state index in [0.717, 1.165) is 0 Å². The topological polar surface area (TPSA) is 123 Å². The van der Waals surface area contributed by atoms with E-state index in [0.29, 0.717) is 16.9 Å². The minimum atomic E-state index is -1.01. The molecule has 0 saturated carbocycles. The van der Waals surface area contributed by atoms with E-state index < -0.39 is 5.97 Å². The molecular formula is C12H13N5O3. The van der Waals surface area contributed by atoms with Gasteiger partial charge in [0.25, 0.3) is 5.91 Å². The maximum atomic E-state index is 11.8. The average Bonchev–Trinajstić information content (AvgIpc) is 2.82. The van der Waals surface area contributed by atoms with Crippen LogP contribution in [0.4, 0.5) is 5.69 Å². The van der Waals surface area contributed by atoms with Gasteiger partial charge in [0.15, 0.2) is 0 Å². The zero-order chi connectivity index (χ0) is 14.5. The number of carboxylic acid groups (broad SMARTS) is 1. The van der Waals surface area contributed by atoms with E-state index in [2.05, 4.69) is 15.6 Å². The Labute approximate surface area is 114 Å². The first-order chi connectivity index (χ1) is 9.54. The molecule has 0 unspecified atom stereocenters. The van der Waals surface area contributed by atoms with Crippen LogP contribution in [0.25, 0.3) is 0 Å². The van der Waals surface area contributed by atoms with Crippen LogP contribution in [0.5, 0.6) is 0 Å². The highest BCUT2D eigenvalue weighted by Crippen LogP contribution is 2.06. The van der Waals surface area contributed by atoms with Gasteiger partial charge in [-0.05, 0) is 18.2 Å². The van der Waals surface area contributed by atoms with Crippen molar-refractivity contribution in [2.45, 2.75) is 13.1 Å². The van der Waals surface area contributed by atoms with Gasteiger partial charge in [-0.15, -0.1) is 5.10 Å². The molecule has 0 bridgehead atoms. The summed E-state index contributed by atoms with van der Waals surface area (Å²) in [5.41, 5.74) is 7.02. The van der Waals surface area contributed by atoms with E-state index in [9.17, 15) is 9.59 Å². The van der Waals surface area contributed by atoms with Gasteiger partial charge in [0.1, 0.15) is 12.2 Å². The lowest BCUT2D eigenvalue weighted by atomic mass is 10.2. The smallest absolute Gasteiger partial charge is 0.325 e. The molecule has 1 amide bonds. The number of rotatable bonds is 5. The number of hydrogen-bond donors (Lipinski definition) is 3. The summed E-state index contributed by atoms with van der Waals surface area (Å²) in [5.74, 6) is -1.30. The molecule has 0 spiro atoms. The zero-order valence-electron chi connectivity index (χ0n) is 10.5. The molecule has 0 saturated heterocycles. The molecule has 0 fully saturated rings. The fraction of sp³-hybridized carbons (Fsp3) is 0.167. The van der Waals surface area contributed by atoms with Gasteiger partial charge < -0.3 is 16.2 Å². The molecule has 0 aliphatic heterocycles. The standard InChI is InChI=1S/C12H13N5O3/c13-9-3-1-2-8(4-9)12(20)14-5-10-6-17(16-15-10)7-11(18)19/h1-4,6H,5,7,13H2,(H,14,20)(H,18,19). The summed E-state index contributed by atoms with van der Waals surface area (Å²) >= 11 is 0. The molecule has 2 rings (SSSR count). The van der Waals surface area contributed by atoms with Gasteiger partial charge in [0.2, 0.25) is 0 Å². The molecule has 8 nitrogen and oxygen atoms in total. The number of nitrogen functional groups attached to an aromatic ring is 1. The first-order valence-electron chi connectivity index (χ1n) is 5.79. The Bertz CT molecular complexity index is 638. The molecule has 8 heteroatoms. The summed E-state index contributed by atoms with van der Waals surface area (Å²) < 4.78 is 1.18. The monoisotopic (exact) mass is 275 g/mol. The highest BCUT2D eigenvalue weighted by molar-refractivity contribution is 5.94. The Kier molecular flexibility index (Phi) is 3.94. The number of nitrogens with two attached hydrogens (primary N) is 1. The molecule has 0 atom stereocenters. The van der Waals surface area contributed by atoms with Crippen molar-refractivity contribution in [1.29, 1.82) is 0 Å². The predicted molar refractivity (Wildman–Crippen MR) is 69.7 cm³/mol. The van der Waals surface area contributed by atoms with Crippen LogP contribution >= 0.6 is 0 Å². The lowest BCUT2D eigenvalue weighted by Gasteiger charge is -2.03. The molecular weight excluding hydrogens is 262 g/mol. The number of nitrogens with zero attached hydrogens (tertiary/aromatic N) is 3. The third-order valence-electron chi connectivity index (χ3n) is 2.46. The lowest BCUT2D eigenvalue weighted by Crippen LogP contribution is -2.23. The van der Waals surface area contributed by atoms with E-state index in [1.807, 2.05) is 0 Å². The SMILES string of the molecule is Nc1cccc(C(=O)NCc2cn(CC(=O)O)nn2)c1. The van der Waals surface area contributed by atoms with Crippen molar-refractivity contribution >= 4 is 17.6 Å². The number of carbonyl (C=O) groups is 2. The molecule has 104 valence electrons.